The Labute approximate surface area is 85.7 Å². The van der Waals surface area contributed by atoms with Crippen LogP contribution in [-0.4, -0.2) is 5.78 Å². The first kappa shape index (κ1) is 11.5. The van der Waals surface area contributed by atoms with Crippen molar-refractivity contribution in [1.82, 2.24) is 0 Å². The number of carbonyl (C=O) groups excluding carboxylic acids is 1. The van der Waals surface area contributed by atoms with Crippen molar-refractivity contribution in [2.45, 2.75) is 6.92 Å². The molecule has 66 valence electrons. The molecule has 0 saturated heterocycles. The number of hydrogen-bond acceptors (Lipinski definition) is 2. The molecule has 0 fully saturated rings. The summed E-state index contributed by atoms with van der Waals surface area (Å²) >= 11 is 3.25. The summed E-state index contributed by atoms with van der Waals surface area (Å²) < 4.78 is 0.889. The predicted molar refractivity (Wildman–Crippen MR) is 55.8 cm³/mol. The van der Waals surface area contributed by atoms with Gasteiger partial charge in [-0.2, -0.15) is 0 Å². The van der Waals surface area contributed by atoms with E-state index >= 15 is 0 Å². The van der Waals surface area contributed by atoms with Crippen LogP contribution in [0.3, 0.4) is 0 Å². The second-order valence-corrected chi connectivity index (χ2v) is 3.20. The van der Waals surface area contributed by atoms with Crippen molar-refractivity contribution >= 4 is 39.8 Å². The third kappa shape index (κ3) is 2.50. The van der Waals surface area contributed by atoms with Gasteiger partial charge in [0.05, 0.1) is 0 Å². The highest BCUT2D eigenvalue weighted by molar-refractivity contribution is 9.10. The summed E-state index contributed by atoms with van der Waals surface area (Å²) in [6, 6.07) is 5.23. The van der Waals surface area contributed by atoms with Gasteiger partial charge in [-0.05, 0) is 25.1 Å². The van der Waals surface area contributed by atoms with Crippen molar-refractivity contribution in [3.05, 3.63) is 28.2 Å². The zero-order chi connectivity index (χ0) is 8.43. The predicted octanol–water partition coefficient (Wildman–Crippen LogP) is 2.66. The number of halogens is 2. The smallest absolute Gasteiger partial charge is 0.161 e. The summed E-state index contributed by atoms with van der Waals surface area (Å²) in [5.74, 6) is -0.00463. The standard InChI is InChI=1S/C8H8BrNO.ClH/c1-5(11)7-3-2-6(9)4-8(7)10;/h2-4H,10H2,1H3;1H. The van der Waals surface area contributed by atoms with E-state index in [-0.39, 0.29) is 18.2 Å². The average Bonchev–Trinajstić information content (AvgIpc) is 1.85. The van der Waals surface area contributed by atoms with E-state index in [2.05, 4.69) is 15.9 Å². The lowest BCUT2D eigenvalue weighted by Crippen LogP contribution is -1.98. The van der Waals surface area contributed by atoms with E-state index < -0.39 is 0 Å². The molecule has 0 aromatic heterocycles. The summed E-state index contributed by atoms with van der Waals surface area (Å²) in [5, 5.41) is 0. The molecule has 0 atom stereocenters. The van der Waals surface area contributed by atoms with E-state index in [4.69, 9.17) is 5.73 Å². The van der Waals surface area contributed by atoms with Crippen molar-refractivity contribution in [1.29, 1.82) is 0 Å². The van der Waals surface area contributed by atoms with Crippen LogP contribution in [0.5, 0.6) is 0 Å². The summed E-state index contributed by atoms with van der Waals surface area (Å²) in [6.07, 6.45) is 0. The van der Waals surface area contributed by atoms with Crippen molar-refractivity contribution in [2.24, 2.45) is 0 Å². The Balaban J connectivity index is 0.00000121. The number of Topliss-reactive ketones (excluding diaryl/α,β-unsaturated/α-hetero) is 1. The molecule has 1 rings (SSSR count). The number of nitrogen functional groups attached to an aromatic ring is 1. The second kappa shape index (κ2) is 4.48. The van der Waals surface area contributed by atoms with Crippen LogP contribution in [0.15, 0.2) is 22.7 Å². The van der Waals surface area contributed by atoms with Crippen LogP contribution in [0.1, 0.15) is 17.3 Å². The van der Waals surface area contributed by atoms with Gasteiger partial charge in [0.1, 0.15) is 0 Å². The Kier molecular flexibility index (Phi) is 4.28. The maximum atomic E-state index is 10.9. The van der Waals surface area contributed by atoms with E-state index in [1.165, 1.54) is 6.92 Å². The molecule has 0 saturated carbocycles. The molecule has 12 heavy (non-hydrogen) atoms. The van der Waals surface area contributed by atoms with Gasteiger partial charge in [0.15, 0.2) is 5.78 Å². The molecule has 0 aliphatic rings. The summed E-state index contributed by atoms with van der Waals surface area (Å²) in [6.45, 7) is 1.50. The van der Waals surface area contributed by atoms with Gasteiger partial charge in [-0.3, -0.25) is 4.79 Å². The van der Waals surface area contributed by atoms with E-state index in [0.29, 0.717) is 11.3 Å². The average molecular weight is 251 g/mol. The SMILES string of the molecule is CC(=O)c1ccc(Br)cc1N.Cl. The van der Waals surface area contributed by atoms with Crippen molar-refractivity contribution in [3.63, 3.8) is 0 Å². The molecular weight excluding hydrogens is 241 g/mol. The number of rotatable bonds is 1. The van der Waals surface area contributed by atoms with Crippen LogP contribution in [0.2, 0.25) is 0 Å². The number of hydrogen-bond donors (Lipinski definition) is 1. The topological polar surface area (TPSA) is 43.1 Å². The molecule has 0 bridgehead atoms. The van der Waals surface area contributed by atoms with Crippen LogP contribution in [-0.2, 0) is 0 Å². The molecule has 0 aliphatic carbocycles. The normalized spacial score (nSPS) is 8.83. The Hall–Kier alpha value is -0.540. The first-order valence-electron chi connectivity index (χ1n) is 3.17. The van der Waals surface area contributed by atoms with E-state index in [0.717, 1.165) is 4.47 Å². The van der Waals surface area contributed by atoms with Gasteiger partial charge in [-0.15, -0.1) is 12.4 Å². The molecule has 1 aromatic carbocycles. The molecule has 0 radical (unpaired) electrons. The first-order chi connectivity index (χ1) is 5.11. The van der Waals surface area contributed by atoms with Gasteiger partial charge in [0.25, 0.3) is 0 Å². The lowest BCUT2D eigenvalue weighted by atomic mass is 10.1. The molecular formula is C8H9BrClNO. The monoisotopic (exact) mass is 249 g/mol. The minimum absolute atomic E-state index is 0. The molecule has 2 nitrogen and oxygen atoms in total. The van der Waals surface area contributed by atoms with Gasteiger partial charge in [0, 0.05) is 15.7 Å². The van der Waals surface area contributed by atoms with Crippen LogP contribution in [0.4, 0.5) is 5.69 Å². The van der Waals surface area contributed by atoms with Gasteiger partial charge in [-0.1, -0.05) is 15.9 Å². The summed E-state index contributed by atoms with van der Waals surface area (Å²) in [7, 11) is 0. The maximum Gasteiger partial charge on any atom is 0.161 e. The van der Waals surface area contributed by atoms with Crippen LogP contribution in [0, 0.1) is 0 Å². The van der Waals surface area contributed by atoms with Crippen molar-refractivity contribution in [3.8, 4) is 0 Å². The molecule has 0 unspecified atom stereocenters. The van der Waals surface area contributed by atoms with Crippen LogP contribution in [0.25, 0.3) is 0 Å². The third-order valence-electron chi connectivity index (χ3n) is 1.39. The van der Waals surface area contributed by atoms with Crippen LogP contribution < -0.4 is 5.73 Å². The number of nitrogens with two attached hydrogens (primary N) is 1. The third-order valence-corrected chi connectivity index (χ3v) is 1.89. The van der Waals surface area contributed by atoms with Gasteiger partial charge >= 0.3 is 0 Å². The lowest BCUT2D eigenvalue weighted by molar-refractivity contribution is 0.101. The quantitative estimate of drug-likeness (QED) is 0.615. The van der Waals surface area contributed by atoms with Crippen molar-refractivity contribution in [2.75, 3.05) is 5.73 Å². The highest BCUT2D eigenvalue weighted by Crippen LogP contribution is 2.18. The Morgan fingerprint density at radius 1 is 1.50 bits per heavy atom. The van der Waals surface area contributed by atoms with Gasteiger partial charge in [-0.25, -0.2) is 0 Å². The highest BCUT2D eigenvalue weighted by Gasteiger charge is 2.03. The zero-order valence-corrected chi connectivity index (χ0v) is 8.91. The number of anilines is 1. The largest absolute Gasteiger partial charge is 0.398 e. The van der Waals surface area contributed by atoms with Gasteiger partial charge in [0.2, 0.25) is 0 Å². The zero-order valence-electron chi connectivity index (χ0n) is 6.50. The number of benzene rings is 1. The fourth-order valence-corrected chi connectivity index (χ4v) is 1.23. The summed E-state index contributed by atoms with van der Waals surface area (Å²) in [5.41, 5.74) is 6.67. The molecule has 0 heterocycles. The minimum atomic E-state index is -0.00463. The maximum absolute atomic E-state index is 10.9. The number of carbonyl (C=O) groups is 1. The van der Waals surface area contributed by atoms with E-state index in [1.54, 1.807) is 18.2 Å². The lowest BCUT2D eigenvalue weighted by Gasteiger charge is -2.00. The Bertz CT molecular complexity index is 301. The fourth-order valence-electron chi connectivity index (χ4n) is 0.854. The van der Waals surface area contributed by atoms with Crippen LogP contribution >= 0.6 is 28.3 Å². The fraction of sp³-hybridized carbons (Fsp3) is 0.125. The number of ketones is 1. The second-order valence-electron chi connectivity index (χ2n) is 2.29. The molecule has 1 aromatic rings. The molecule has 0 spiro atoms. The first-order valence-corrected chi connectivity index (χ1v) is 3.96. The molecule has 4 heteroatoms. The molecule has 0 aliphatic heterocycles. The van der Waals surface area contributed by atoms with E-state index in [1.807, 2.05) is 0 Å². The Morgan fingerprint density at radius 3 is 2.50 bits per heavy atom. The van der Waals surface area contributed by atoms with Gasteiger partial charge < -0.3 is 5.73 Å². The van der Waals surface area contributed by atoms with E-state index in [9.17, 15) is 4.79 Å². The van der Waals surface area contributed by atoms with Crippen molar-refractivity contribution < 1.29 is 4.79 Å². The summed E-state index contributed by atoms with van der Waals surface area (Å²) in [4.78, 5) is 10.9. The Morgan fingerprint density at radius 2 is 2.08 bits per heavy atom. The molecule has 0 amide bonds. The molecule has 2 N–H and O–H groups in total. The minimum Gasteiger partial charge on any atom is -0.398 e. The highest BCUT2D eigenvalue weighted by atomic mass is 79.9.